The SMILES string of the molecule is COc1cc(C)ccc1S(=O)(=O)NC(=O)C(c1ccc2c(c1)OCO2)c1cn(C)c2cc(C(O)O)ccc12. The second-order valence-corrected chi connectivity index (χ2v) is 10.7. The van der Waals surface area contributed by atoms with Gasteiger partial charge in [0.2, 0.25) is 12.7 Å². The van der Waals surface area contributed by atoms with Gasteiger partial charge < -0.3 is 29.0 Å². The average molecular weight is 539 g/mol. The largest absolute Gasteiger partial charge is 0.495 e. The fourth-order valence-electron chi connectivity index (χ4n) is 4.63. The van der Waals surface area contributed by atoms with Gasteiger partial charge in [-0.1, -0.05) is 24.3 Å². The Hall–Kier alpha value is -4.06. The van der Waals surface area contributed by atoms with E-state index in [4.69, 9.17) is 14.2 Å². The fraction of sp³-hybridized carbons (Fsp3) is 0.222. The maximum Gasteiger partial charge on any atom is 0.267 e. The molecule has 2 heterocycles. The number of benzene rings is 3. The summed E-state index contributed by atoms with van der Waals surface area (Å²) in [6.07, 6.45) is 0.0480. The van der Waals surface area contributed by atoms with Gasteiger partial charge in [0.1, 0.15) is 10.6 Å². The van der Waals surface area contributed by atoms with Gasteiger partial charge in [-0.3, -0.25) is 4.79 Å². The molecule has 0 saturated carbocycles. The summed E-state index contributed by atoms with van der Waals surface area (Å²) in [4.78, 5) is 13.7. The molecular formula is C27H26N2O8S. The van der Waals surface area contributed by atoms with Crippen LogP contribution in [0.1, 0.15) is 34.5 Å². The van der Waals surface area contributed by atoms with Crippen LogP contribution in [0.2, 0.25) is 0 Å². The normalized spacial score (nSPS) is 13.6. The first-order valence-electron chi connectivity index (χ1n) is 11.6. The zero-order chi connectivity index (χ0) is 27.2. The molecule has 11 heteroatoms. The molecule has 0 saturated heterocycles. The number of fused-ring (bicyclic) bond motifs is 2. The lowest BCUT2D eigenvalue weighted by Crippen LogP contribution is -2.35. The first kappa shape index (κ1) is 25.6. The number of rotatable bonds is 7. The van der Waals surface area contributed by atoms with E-state index >= 15 is 0 Å². The zero-order valence-electron chi connectivity index (χ0n) is 20.8. The molecule has 0 aliphatic carbocycles. The number of nitrogens with one attached hydrogen (secondary N) is 1. The highest BCUT2D eigenvalue weighted by atomic mass is 32.2. The maximum absolute atomic E-state index is 13.8. The van der Waals surface area contributed by atoms with E-state index in [0.29, 0.717) is 33.5 Å². The van der Waals surface area contributed by atoms with E-state index in [2.05, 4.69) is 4.72 Å². The standard InChI is InChI=1S/C27H26N2O8S/c1-15-4-9-24(23(10-15)35-3)38(33,34)28-26(30)25(16-6-8-21-22(12-16)37-14-36-21)19-13-29(2)20-11-17(27(31)32)5-7-18(19)20/h4-13,25,27,31-32H,14H2,1-3H3,(H,28,30). The Balaban J connectivity index is 1.63. The Bertz CT molecular complexity index is 1660. The van der Waals surface area contributed by atoms with Crippen molar-refractivity contribution in [2.24, 2.45) is 7.05 Å². The molecule has 4 aromatic rings. The number of ether oxygens (including phenoxy) is 3. The number of nitrogens with zero attached hydrogens (tertiary/aromatic N) is 1. The van der Waals surface area contributed by atoms with Crippen molar-refractivity contribution in [1.29, 1.82) is 0 Å². The molecule has 0 fully saturated rings. The van der Waals surface area contributed by atoms with Gasteiger partial charge in [0, 0.05) is 29.7 Å². The maximum atomic E-state index is 13.8. The van der Waals surface area contributed by atoms with E-state index in [1.165, 1.54) is 13.2 Å². The Morgan fingerprint density at radius 3 is 2.50 bits per heavy atom. The number of aromatic nitrogens is 1. The molecule has 1 aromatic heterocycles. The highest BCUT2D eigenvalue weighted by Gasteiger charge is 2.32. The fourth-order valence-corrected chi connectivity index (χ4v) is 5.78. The number of carbonyl (C=O) groups excluding carboxylic acids is 1. The lowest BCUT2D eigenvalue weighted by atomic mass is 9.90. The summed E-state index contributed by atoms with van der Waals surface area (Å²) in [5.41, 5.74) is 2.71. The molecule has 1 atom stereocenters. The van der Waals surface area contributed by atoms with E-state index in [9.17, 15) is 23.4 Å². The molecule has 198 valence electrons. The first-order chi connectivity index (χ1) is 18.1. The van der Waals surface area contributed by atoms with Crippen molar-refractivity contribution in [3.63, 3.8) is 0 Å². The van der Waals surface area contributed by atoms with Gasteiger partial charge in [-0.15, -0.1) is 0 Å². The van der Waals surface area contributed by atoms with Gasteiger partial charge in [0.25, 0.3) is 10.0 Å². The van der Waals surface area contributed by atoms with E-state index in [-0.39, 0.29) is 23.0 Å². The minimum atomic E-state index is -4.31. The van der Waals surface area contributed by atoms with Crippen LogP contribution in [-0.2, 0) is 21.9 Å². The van der Waals surface area contributed by atoms with Crippen LogP contribution in [0.15, 0.2) is 65.7 Å². The molecular weight excluding hydrogens is 512 g/mol. The van der Waals surface area contributed by atoms with Crippen molar-refractivity contribution in [3.05, 3.63) is 83.0 Å². The predicted molar refractivity (Wildman–Crippen MR) is 138 cm³/mol. The molecule has 3 N–H and O–H groups in total. The van der Waals surface area contributed by atoms with Crippen molar-refractivity contribution in [2.75, 3.05) is 13.9 Å². The monoisotopic (exact) mass is 538 g/mol. The summed E-state index contributed by atoms with van der Waals surface area (Å²) in [7, 11) is -1.20. The van der Waals surface area contributed by atoms with Crippen LogP contribution in [-0.4, -0.2) is 43.0 Å². The molecule has 0 bridgehead atoms. The summed E-state index contributed by atoms with van der Waals surface area (Å²) in [6, 6.07) is 14.4. The molecule has 3 aromatic carbocycles. The third kappa shape index (κ3) is 4.55. The number of aliphatic hydroxyl groups excluding tert-OH is 1. The van der Waals surface area contributed by atoms with E-state index in [0.717, 1.165) is 5.56 Å². The number of carbonyl (C=O) groups is 1. The van der Waals surface area contributed by atoms with Crippen molar-refractivity contribution < 1.29 is 37.6 Å². The summed E-state index contributed by atoms with van der Waals surface area (Å²) < 4.78 is 46.8. The molecule has 0 radical (unpaired) electrons. The van der Waals surface area contributed by atoms with Gasteiger partial charge in [-0.05, 0) is 53.9 Å². The quantitative estimate of drug-likeness (QED) is 0.306. The van der Waals surface area contributed by atoms with Crippen LogP contribution in [0.25, 0.3) is 10.9 Å². The van der Waals surface area contributed by atoms with Crippen LogP contribution in [0.4, 0.5) is 0 Å². The second-order valence-electron chi connectivity index (χ2n) is 9.02. The minimum Gasteiger partial charge on any atom is -0.495 e. The number of hydrogen-bond donors (Lipinski definition) is 3. The highest BCUT2D eigenvalue weighted by molar-refractivity contribution is 7.90. The Morgan fingerprint density at radius 1 is 1.03 bits per heavy atom. The van der Waals surface area contributed by atoms with Crippen molar-refractivity contribution in [3.8, 4) is 17.2 Å². The predicted octanol–water partition coefficient (Wildman–Crippen LogP) is 2.84. The molecule has 1 aliphatic heterocycles. The topological polar surface area (TPSA) is 136 Å². The van der Waals surface area contributed by atoms with Gasteiger partial charge in [0.05, 0.1) is 13.0 Å². The minimum absolute atomic E-state index is 0.0395. The summed E-state index contributed by atoms with van der Waals surface area (Å²) in [5.74, 6) is -0.779. The molecule has 38 heavy (non-hydrogen) atoms. The molecule has 0 spiro atoms. The average Bonchev–Trinajstić information content (AvgIpc) is 3.47. The number of aryl methyl sites for hydroxylation is 2. The highest BCUT2D eigenvalue weighted by Crippen LogP contribution is 2.39. The lowest BCUT2D eigenvalue weighted by Gasteiger charge is -2.19. The van der Waals surface area contributed by atoms with Crippen LogP contribution in [0.5, 0.6) is 17.2 Å². The van der Waals surface area contributed by atoms with Crippen LogP contribution in [0, 0.1) is 6.92 Å². The van der Waals surface area contributed by atoms with E-state index in [1.54, 1.807) is 73.3 Å². The third-order valence-corrected chi connectivity index (χ3v) is 7.88. The Labute approximate surface area is 219 Å². The van der Waals surface area contributed by atoms with Gasteiger partial charge in [0.15, 0.2) is 17.8 Å². The third-order valence-electron chi connectivity index (χ3n) is 6.49. The van der Waals surface area contributed by atoms with Crippen LogP contribution in [0.3, 0.4) is 0 Å². The van der Waals surface area contributed by atoms with Crippen molar-refractivity contribution >= 4 is 26.8 Å². The molecule has 1 aliphatic rings. The zero-order valence-corrected chi connectivity index (χ0v) is 21.7. The number of aliphatic hydroxyl groups is 2. The van der Waals surface area contributed by atoms with Crippen molar-refractivity contribution in [2.45, 2.75) is 24.0 Å². The first-order valence-corrected chi connectivity index (χ1v) is 13.1. The molecule has 5 rings (SSSR count). The Kier molecular flexibility index (Phi) is 6.51. The number of methoxy groups -OCH3 is 1. The van der Waals surface area contributed by atoms with Gasteiger partial charge in [-0.25, -0.2) is 13.1 Å². The molecule has 1 unspecified atom stereocenters. The van der Waals surface area contributed by atoms with E-state index in [1.807, 2.05) is 0 Å². The summed E-state index contributed by atoms with van der Waals surface area (Å²) in [6.45, 7) is 1.84. The molecule has 1 amide bonds. The van der Waals surface area contributed by atoms with Crippen molar-refractivity contribution in [1.82, 2.24) is 9.29 Å². The summed E-state index contributed by atoms with van der Waals surface area (Å²) in [5, 5.41) is 19.9. The number of sulfonamides is 1. The Morgan fingerprint density at radius 2 is 1.76 bits per heavy atom. The van der Waals surface area contributed by atoms with E-state index < -0.39 is 28.1 Å². The van der Waals surface area contributed by atoms with Crippen LogP contribution < -0.4 is 18.9 Å². The van der Waals surface area contributed by atoms with Gasteiger partial charge >= 0.3 is 0 Å². The summed E-state index contributed by atoms with van der Waals surface area (Å²) >= 11 is 0. The smallest absolute Gasteiger partial charge is 0.267 e. The second kappa shape index (κ2) is 9.67. The van der Waals surface area contributed by atoms with Gasteiger partial charge in [-0.2, -0.15) is 0 Å². The number of amides is 1. The number of hydrogen-bond acceptors (Lipinski definition) is 8. The molecule has 10 nitrogen and oxygen atoms in total. The lowest BCUT2D eigenvalue weighted by molar-refractivity contribution is -0.119. The van der Waals surface area contributed by atoms with Crippen LogP contribution >= 0.6 is 0 Å².